The SMILES string of the molecule is CCCCn1c(=O)c(OC)c(OCC=C(C)C)c2ccc(OCc3ccccc3)cc21. The Morgan fingerprint density at radius 1 is 1.03 bits per heavy atom. The third kappa shape index (κ3) is 5.48. The van der Waals surface area contributed by atoms with Crippen molar-refractivity contribution in [1.29, 1.82) is 0 Å². The Labute approximate surface area is 183 Å². The Bertz CT molecular complexity index is 1100. The normalized spacial score (nSPS) is 10.7. The van der Waals surface area contributed by atoms with Crippen LogP contribution in [0.4, 0.5) is 0 Å². The fraction of sp³-hybridized carbons (Fsp3) is 0.346. The monoisotopic (exact) mass is 421 g/mol. The molecule has 0 aliphatic heterocycles. The van der Waals surface area contributed by atoms with E-state index >= 15 is 0 Å². The smallest absolute Gasteiger partial charge is 0.297 e. The van der Waals surface area contributed by atoms with Crippen LogP contribution in [0.25, 0.3) is 10.9 Å². The van der Waals surface area contributed by atoms with Gasteiger partial charge in [-0.15, -0.1) is 0 Å². The van der Waals surface area contributed by atoms with Crippen molar-refractivity contribution < 1.29 is 14.2 Å². The number of fused-ring (bicyclic) bond motifs is 1. The molecule has 0 aliphatic rings. The second-order valence-electron chi connectivity index (χ2n) is 7.72. The van der Waals surface area contributed by atoms with Crippen molar-refractivity contribution in [2.45, 2.75) is 46.8 Å². The summed E-state index contributed by atoms with van der Waals surface area (Å²) >= 11 is 0. The highest BCUT2D eigenvalue weighted by Gasteiger charge is 2.19. The molecule has 164 valence electrons. The van der Waals surface area contributed by atoms with E-state index in [2.05, 4.69) is 6.92 Å². The van der Waals surface area contributed by atoms with Gasteiger partial charge in [0.25, 0.3) is 5.56 Å². The van der Waals surface area contributed by atoms with Gasteiger partial charge in [0.1, 0.15) is 19.0 Å². The number of methoxy groups -OCH3 is 1. The molecule has 0 fully saturated rings. The van der Waals surface area contributed by atoms with Crippen LogP contribution in [0.5, 0.6) is 17.2 Å². The highest BCUT2D eigenvalue weighted by atomic mass is 16.5. The fourth-order valence-corrected chi connectivity index (χ4v) is 3.36. The van der Waals surface area contributed by atoms with E-state index in [0.29, 0.717) is 31.3 Å². The van der Waals surface area contributed by atoms with Crippen molar-refractivity contribution in [2.24, 2.45) is 0 Å². The van der Waals surface area contributed by atoms with E-state index in [0.717, 1.165) is 34.9 Å². The zero-order valence-corrected chi connectivity index (χ0v) is 18.8. The van der Waals surface area contributed by atoms with Gasteiger partial charge in [-0.2, -0.15) is 0 Å². The van der Waals surface area contributed by atoms with E-state index in [1.807, 2.05) is 68.5 Å². The number of hydrogen-bond acceptors (Lipinski definition) is 4. The minimum Gasteiger partial charge on any atom is -0.489 e. The molecule has 5 nitrogen and oxygen atoms in total. The van der Waals surface area contributed by atoms with Crippen LogP contribution in [0, 0.1) is 0 Å². The van der Waals surface area contributed by atoms with Gasteiger partial charge < -0.3 is 18.8 Å². The Hall–Kier alpha value is -3.21. The van der Waals surface area contributed by atoms with Gasteiger partial charge in [0.05, 0.1) is 12.6 Å². The molecule has 0 saturated heterocycles. The minimum absolute atomic E-state index is 0.184. The van der Waals surface area contributed by atoms with Gasteiger partial charge in [0.2, 0.25) is 5.75 Å². The fourth-order valence-electron chi connectivity index (χ4n) is 3.36. The molecule has 1 heterocycles. The Kier molecular flexibility index (Phi) is 7.76. The maximum Gasteiger partial charge on any atom is 0.297 e. The van der Waals surface area contributed by atoms with Crippen molar-refractivity contribution in [3.8, 4) is 17.2 Å². The number of nitrogens with zero attached hydrogens (tertiary/aromatic N) is 1. The van der Waals surface area contributed by atoms with Gasteiger partial charge in [0, 0.05) is 18.0 Å². The molecule has 0 bridgehead atoms. The molecule has 2 aromatic carbocycles. The first kappa shape index (κ1) is 22.5. The maximum absolute atomic E-state index is 13.2. The molecule has 0 N–H and O–H groups in total. The van der Waals surface area contributed by atoms with Crippen LogP contribution in [0.3, 0.4) is 0 Å². The van der Waals surface area contributed by atoms with Crippen molar-refractivity contribution in [3.05, 3.63) is 76.1 Å². The van der Waals surface area contributed by atoms with Gasteiger partial charge in [-0.25, -0.2) is 0 Å². The topological polar surface area (TPSA) is 49.7 Å². The maximum atomic E-state index is 13.2. The summed E-state index contributed by atoms with van der Waals surface area (Å²) in [5.74, 6) is 1.42. The summed E-state index contributed by atoms with van der Waals surface area (Å²) in [6.45, 7) is 7.58. The zero-order valence-electron chi connectivity index (χ0n) is 18.8. The molecule has 0 radical (unpaired) electrons. The summed E-state index contributed by atoms with van der Waals surface area (Å²) in [6.07, 6.45) is 3.86. The Morgan fingerprint density at radius 3 is 2.48 bits per heavy atom. The van der Waals surface area contributed by atoms with Crippen LogP contribution in [0.1, 0.15) is 39.2 Å². The lowest BCUT2D eigenvalue weighted by Gasteiger charge is -2.18. The minimum atomic E-state index is -0.184. The van der Waals surface area contributed by atoms with Crippen LogP contribution in [0.2, 0.25) is 0 Å². The molecule has 0 amide bonds. The molecule has 3 rings (SSSR count). The molecule has 0 unspecified atom stereocenters. The standard InChI is InChI=1S/C26H31NO4/c1-5-6-15-27-23-17-21(31-18-20-10-8-7-9-11-20)12-13-22(23)24(25(29-4)26(27)28)30-16-14-19(2)3/h7-14,17H,5-6,15-16,18H2,1-4H3. The van der Waals surface area contributed by atoms with Crippen molar-refractivity contribution >= 4 is 10.9 Å². The number of pyridine rings is 1. The van der Waals surface area contributed by atoms with E-state index in [-0.39, 0.29) is 11.3 Å². The quantitative estimate of drug-likeness (QED) is 0.392. The van der Waals surface area contributed by atoms with Gasteiger partial charge in [-0.1, -0.05) is 49.2 Å². The Balaban J connectivity index is 2.06. The van der Waals surface area contributed by atoms with E-state index in [1.165, 1.54) is 7.11 Å². The van der Waals surface area contributed by atoms with E-state index in [4.69, 9.17) is 14.2 Å². The highest BCUT2D eigenvalue weighted by Crippen LogP contribution is 2.35. The summed E-state index contributed by atoms with van der Waals surface area (Å²) in [6, 6.07) is 15.8. The van der Waals surface area contributed by atoms with Gasteiger partial charge in [0.15, 0.2) is 5.75 Å². The van der Waals surface area contributed by atoms with E-state index < -0.39 is 0 Å². The molecule has 3 aromatic rings. The number of allylic oxidation sites excluding steroid dienone is 1. The number of benzene rings is 2. The number of hydrogen-bond donors (Lipinski definition) is 0. The first-order valence-electron chi connectivity index (χ1n) is 10.7. The van der Waals surface area contributed by atoms with Gasteiger partial charge in [-0.05, 0) is 44.0 Å². The largest absolute Gasteiger partial charge is 0.489 e. The lowest BCUT2D eigenvalue weighted by molar-refractivity contribution is 0.306. The van der Waals surface area contributed by atoms with Crippen LogP contribution in [0.15, 0.2) is 65.0 Å². The van der Waals surface area contributed by atoms with Gasteiger partial charge >= 0.3 is 0 Å². The van der Waals surface area contributed by atoms with E-state index in [9.17, 15) is 4.79 Å². The van der Waals surface area contributed by atoms with Crippen molar-refractivity contribution in [3.63, 3.8) is 0 Å². The molecule has 1 aromatic heterocycles. The first-order chi connectivity index (χ1) is 15.0. The van der Waals surface area contributed by atoms with Crippen molar-refractivity contribution in [1.82, 2.24) is 4.57 Å². The summed E-state index contributed by atoms with van der Waals surface area (Å²) in [5.41, 5.74) is 2.84. The third-order valence-electron chi connectivity index (χ3n) is 5.06. The van der Waals surface area contributed by atoms with Crippen LogP contribution < -0.4 is 19.8 Å². The second kappa shape index (κ2) is 10.7. The predicted molar refractivity (Wildman–Crippen MR) is 125 cm³/mol. The van der Waals surface area contributed by atoms with Gasteiger partial charge in [-0.3, -0.25) is 4.79 Å². The average Bonchev–Trinajstić information content (AvgIpc) is 2.77. The number of aryl methyl sites for hydroxylation is 1. The number of ether oxygens (including phenoxy) is 3. The summed E-state index contributed by atoms with van der Waals surface area (Å²) < 4.78 is 19.3. The predicted octanol–water partition coefficient (Wildman–Crippen LogP) is 5.73. The van der Waals surface area contributed by atoms with Crippen LogP contribution in [-0.2, 0) is 13.2 Å². The number of aromatic nitrogens is 1. The number of unbranched alkanes of at least 4 members (excludes halogenated alkanes) is 1. The number of rotatable bonds is 10. The Morgan fingerprint density at radius 2 is 1.81 bits per heavy atom. The molecule has 5 heteroatoms. The molecule has 0 saturated carbocycles. The highest BCUT2D eigenvalue weighted by molar-refractivity contribution is 5.89. The summed E-state index contributed by atoms with van der Waals surface area (Å²) in [4.78, 5) is 13.2. The van der Waals surface area contributed by atoms with Crippen molar-refractivity contribution in [2.75, 3.05) is 13.7 Å². The molecule has 0 atom stereocenters. The molecular formula is C26H31NO4. The van der Waals surface area contributed by atoms with E-state index in [1.54, 1.807) is 4.57 Å². The molecule has 31 heavy (non-hydrogen) atoms. The van der Waals surface area contributed by atoms with Crippen LogP contribution in [-0.4, -0.2) is 18.3 Å². The average molecular weight is 422 g/mol. The first-order valence-corrected chi connectivity index (χ1v) is 10.7. The lowest BCUT2D eigenvalue weighted by atomic mass is 10.1. The second-order valence-corrected chi connectivity index (χ2v) is 7.72. The van der Waals surface area contributed by atoms with Crippen LogP contribution >= 0.6 is 0 Å². The molecule has 0 spiro atoms. The third-order valence-corrected chi connectivity index (χ3v) is 5.06. The molecule has 0 aliphatic carbocycles. The zero-order chi connectivity index (χ0) is 22.2. The summed E-state index contributed by atoms with van der Waals surface area (Å²) in [5, 5.41) is 0.835. The molecular weight excluding hydrogens is 390 g/mol. The lowest BCUT2D eigenvalue weighted by Crippen LogP contribution is -2.23. The summed E-state index contributed by atoms with van der Waals surface area (Å²) in [7, 11) is 1.51.